The van der Waals surface area contributed by atoms with E-state index >= 15 is 0 Å². The first-order valence-electron chi connectivity index (χ1n) is 7.31. The molecule has 0 aliphatic heterocycles. The highest BCUT2D eigenvalue weighted by atomic mass is 35.5. The van der Waals surface area contributed by atoms with Crippen LogP contribution in [-0.2, 0) is 4.74 Å². The summed E-state index contributed by atoms with van der Waals surface area (Å²) in [7, 11) is 0. The van der Waals surface area contributed by atoms with Crippen molar-refractivity contribution in [2.24, 2.45) is 0 Å². The number of benzene rings is 1. The minimum atomic E-state index is -0.585. The van der Waals surface area contributed by atoms with Crippen molar-refractivity contribution in [3.05, 3.63) is 53.8 Å². The summed E-state index contributed by atoms with van der Waals surface area (Å²) in [6, 6.07) is 13.3. The van der Waals surface area contributed by atoms with Gasteiger partial charge in [-0.05, 0) is 38.5 Å². The van der Waals surface area contributed by atoms with Gasteiger partial charge in [-0.1, -0.05) is 41.9 Å². The number of nitrogens with zero attached hydrogens (tertiary/aromatic N) is 2. The molecule has 23 heavy (non-hydrogen) atoms. The summed E-state index contributed by atoms with van der Waals surface area (Å²) in [5.74, 6) is 0. The van der Waals surface area contributed by atoms with Gasteiger partial charge in [-0.3, -0.25) is 0 Å². The van der Waals surface area contributed by atoms with Crippen molar-refractivity contribution >= 4 is 28.6 Å². The smallest absolute Gasteiger partial charge is 0.419 e. The molecule has 2 heterocycles. The topological polar surface area (TPSA) is 44.1 Å². The fourth-order valence-corrected chi connectivity index (χ4v) is 2.63. The van der Waals surface area contributed by atoms with Gasteiger partial charge in [0.2, 0.25) is 0 Å². The van der Waals surface area contributed by atoms with E-state index in [0.717, 1.165) is 16.6 Å². The van der Waals surface area contributed by atoms with Crippen LogP contribution in [0.25, 0.3) is 22.2 Å². The van der Waals surface area contributed by atoms with Gasteiger partial charge in [-0.2, -0.15) is 0 Å². The normalized spacial score (nSPS) is 11.7. The highest BCUT2D eigenvalue weighted by Gasteiger charge is 2.23. The molecule has 0 radical (unpaired) electrons. The fraction of sp³-hybridized carbons (Fsp3) is 0.222. The zero-order valence-electron chi connectivity index (χ0n) is 13.2. The molecular formula is C18H17ClN2O2. The molecule has 3 rings (SSSR count). The van der Waals surface area contributed by atoms with Crippen molar-refractivity contribution < 1.29 is 9.53 Å². The Morgan fingerprint density at radius 2 is 1.87 bits per heavy atom. The molecule has 0 saturated carbocycles. The number of halogens is 1. The number of hydrogen-bond donors (Lipinski definition) is 0. The number of carbonyl (C=O) groups is 1. The molecule has 0 bridgehead atoms. The van der Waals surface area contributed by atoms with E-state index in [0.29, 0.717) is 10.7 Å². The number of rotatable bonds is 1. The van der Waals surface area contributed by atoms with Crippen molar-refractivity contribution in [1.29, 1.82) is 0 Å². The molecule has 5 heteroatoms. The van der Waals surface area contributed by atoms with Crippen LogP contribution in [0.4, 0.5) is 4.79 Å². The van der Waals surface area contributed by atoms with Gasteiger partial charge in [0.15, 0.2) is 0 Å². The lowest BCUT2D eigenvalue weighted by molar-refractivity contribution is 0.0547. The minimum Gasteiger partial charge on any atom is -0.443 e. The van der Waals surface area contributed by atoms with Crippen molar-refractivity contribution in [1.82, 2.24) is 9.55 Å². The maximum atomic E-state index is 12.7. The Balaban J connectivity index is 2.25. The summed E-state index contributed by atoms with van der Waals surface area (Å²) in [5, 5.41) is 1.08. The molecule has 0 saturated heterocycles. The van der Waals surface area contributed by atoms with E-state index < -0.39 is 11.7 Å². The van der Waals surface area contributed by atoms with Crippen LogP contribution in [0.15, 0.2) is 48.7 Å². The highest BCUT2D eigenvalue weighted by Crippen LogP contribution is 2.32. The maximum Gasteiger partial charge on any atom is 0.419 e. The predicted octanol–water partition coefficient (Wildman–Crippen LogP) is 5.14. The van der Waals surface area contributed by atoms with Crippen LogP contribution in [-0.4, -0.2) is 21.2 Å². The van der Waals surface area contributed by atoms with Crippen LogP contribution >= 0.6 is 11.6 Å². The summed E-state index contributed by atoms with van der Waals surface area (Å²) >= 11 is 6.19. The van der Waals surface area contributed by atoms with Crippen LogP contribution in [0, 0.1) is 0 Å². The lowest BCUT2D eigenvalue weighted by Crippen LogP contribution is -2.27. The molecule has 0 N–H and O–H groups in total. The number of hydrogen-bond acceptors (Lipinski definition) is 3. The molecule has 4 nitrogen and oxygen atoms in total. The summed E-state index contributed by atoms with van der Waals surface area (Å²) < 4.78 is 7.10. The number of pyridine rings is 1. The number of carbonyl (C=O) groups excluding carboxylic acids is 1. The molecule has 118 valence electrons. The van der Waals surface area contributed by atoms with E-state index in [9.17, 15) is 4.79 Å². The summed E-state index contributed by atoms with van der Waals surface area (Å²) in [4.78, 5) is 16.8. The molecule has 0 amide bonds. The first-order valence-corrected chi connectivity index (χ1v) is 7.69. The van der Waals surface area contributed by atoms with Gasteiger partial charge in [-0.15, -0.1) is 0 Å². The molecule has 0 unspecified atom stereocenters. The quantitative estimate of drug-likeness (QED) is 0.581. The van der Waals surface area contributed by atoms with E-state index in [1.807, 2.05) is 57.2 Å². The molecule has 0 fully saturated rings. The average Bonchev–Trinajstić information content (AvgIpc) is 2.87. The number of aromatic nitrogens is 2. The van der Waals surface area contributed by atoms with Gasteiger partial charge < -0.3 is 4.74 Å². The molecule has 0 spiro atoms. The van der Waals surface area contributed by atoms with Crippen molar-refractivity contribution in [2.45, 2.75) is 26.4 Å². The van der Waals surface area contributed by atoms with Gasteiger partial charge in [-0.25, -0.2) is 14.3 Å². The van der Waals surface area contributed by atoms with Gasteiger partial charge in [0.05, 0.1) is 11.2 Å². The van der Waals surface area contributed by atoms with Crippen molar-refractivity contribution in [2.75, 3.05) is 0 Å². The molecule has 1 aromatic carbocycles. The van der Waals surface area contributed by atoms with Gasteiger partial charge >= 0.3 is 6.09 Å². The zero-order valence-corrected chi connectivity index (χ0v) is 14.0. The van der Waals surface area contributed by atoms with E-state index in [4.69, 9.17) is 16.3 Å². The second kappa shape index (κ2) is 5.70. The average molecular weight is 329 g/mol. The largest absolute Gasteiger partial charge is 0.443 e. The Kier molecular flexibility index (Phi) is 3.86. The standard InChI is InChI=1S/C18H17ClN2O2/c1-18(2,3)23-17(22)21-14-9-10-20-16(19)13(14)11-15(21)12-7-5-4-6-8-12/h4-11H,1-3H3. The molecule has 0 aliphatic carbocycles. The fourth-order valence-electron chi connectivity index (χ4n) is 2.42. The summed E-state index contributed by atoms with van der Waals surface area (Å²) in [6.45, 7) is 5.52. The second-order valence-electron chi connectivity index (χ2n) is 6.25. The molecule has 3 aromatic rings. The second-order valence-corrected chi connectivity index (χ2v) is 6.60. The monoisotopic (exact) mass is 328 g/mol. The van der Waals surface area contributed by atoms with E-state index in [-0.39, 0.29) is 0 Å². The third kappa shape index (κ3) is 3.08. The van der Waals surface area contributed by atoms with Gasteiger partial charge in [0, 0.05) is 11.6 Å². The molecule has 2 aromatic heterocycles. The molecular weight excluding hydrogens is 312 g/mol. The Morgan fingerprint density at radius 1 is 1.17 bits per heavy atom. The lowest BCUT2D eigenvalue weighted by atomic mass is 10.1. The van der Waals surface area contributed by atoms with E-state index in [2.05, 4.69) is 4.98 Å². The zero-order chi connectivity index (χ0) is 16.6. The van der Waals surface area contributed by atoms with Crippen LogP contribution in [0.3, 0.4) is 0 Å². The lowest BCUT2D eigenvalue weighted by Gasteiger charge is -2.21. The maximum absolute atomic E-state index is 12.7. The minimum absolute atomic E-state index is 0.363. The van der Waals surface area contributed by atoms with Crippen LogP contribution in [0.1, 0.15) is 20.8 Å². The Labute approximate surface area is 139 Å². The van der Waals surface area contributed by atoms with Crippen molar-refractivity contribution in [3.63, 3.8) is 0 Å². The van der Waals surface area contributed by atoms with Crippen molar-refractivity contribution in [3.8, 4) is 11.3 Å². The van der Waals surface area contributed by atoms with Gasteiger partial charge in [0.25, 0.3) is 0 Å². The highest BCUT2D eigenvalue weighted by molar-refractivity contribution is 6.34. The third-order valence-electron chi connectivity index (χ3n) is 3.33. The summed E-state index contributed by atoms with van der Waals surface area (Å²) in [5.41, 5.74) is 1.73. The van der Waals surface area contributed by atoms with Gasteiger partial charge in [0.1, 0.15) is 10.8 Å². The first-order chi connectivity index (χ1) is 10.9. The van der Waals surface area contributed by atoms with E-state index in [1.165, 1.54) is 0 Å². The Morgan fingerprint density at radius 3 is 2.52 bits per heavy atom. The molecule has 0 aliphatic rings. The van der Waals surface area contributed by atoms with Crippen LogP contribution < -0.4 is 0 Å². The molecule has 0 atom stereocenters. The van der Waals surface area contributed by atoms with E-state index in [1.54, 1.807) is 16.8 Å². The number of ether oxygens (including phenoxy) is 1. The SMILES string of the molecule is CC(C)(C)OC(=O)n1c(-c2ccccc2)cc2c(Cl)nccc21. The third-order valence-corrected chi connectivity index (χ3v) is 3.63. The Hall–Kier alpha value is -2.33. The first kappa shape index (κ1) is 15.6. The predicted molar refractivity (Wildman–Crippen MR) is 91.8 cm³/mol. The van der Waals surface area contributed by atoms with Crippen LogP contribution in [0.5, 0.6) is 0 Å². The Bertz CT molecular complexity index is 864. The number of fused-ring (bicyclic) bond motifs is 1. The summed E-state index contributed by atoms with van der Waals surface area (Å²) in [6.07, 6.45) is 1.15. The van der Waals surface area contributed by atoms with Crippen LogP contribution in [0.2, 0.25) is 5.15 Å².